The summed E-state index contributed by atoms with van der Waals surface area (Å²) in [5.41, 5.74) is 0.894. The average Bonchev–Trinajstić information content (AvgIpc) is 2.57. The predicted octanol–water partition coefficient (Wildman–Crippen LogP) is 3.93. The predicted molar refractivity (Wildman–Crippen MR) is 99.3 cm³/mol. The Labute approximate surface area is 148 Å². The molecule has 0 radical (unpaired) electrons. The number of allylic oxidation sites excluding steroid dienone is 1. The zero-order chi connectivity index (χ0) is 17.2. The Morgan fingerprint density at radius 2 is 2.17 bits per heavy atom. The fourth-order valence-corrected chi connectivity index (χ4v) is 5.27. The third kappa shape index (κ3) is 3.22. The lowest BCUT2D eigenvalue weighted by Gasteiger charge is -2.37. The molecule has 0 aliphatic carbocycles. The molecule has 0 aromatic heterocycles. The normalized spacial score (nSPS) is 30.2. The van der Waals surface area contributed by atoms with Gasteiger partial charge in [0.1, 0.15) is 12.5 Å². The fourth-order valence-electron chi connectivity index (χ4n) is 3.93. The number of aliphatic hydroxyl groups excluding tert-OH is 1. The van der Waals surface area contributed by atoms with Crippen molar-refractivity contribution >= 4 is 21.9 Å². The molecule has 4 heteroatoms. The van der Waals surface area contributed by atoms with Gasteiger partial charge in [0.2, 0.25) is 10.2 Å². The topological polar surface area (TPSA) is 40.3 Å². The Morgan fingerprint density at radius 3 is 2.88 bits per heavy atom. The molecule has 3 nitrogen and oxygen atoms in total. The van der Waals surface area contributed by atoms with Crippen LogP contribution < -0.4 is 0 Å². The van der Waals surface area contributed by atoms with Gasteiger partial charge in [-0.25, -0.2) is 0 Å². The number of carbonyl (C=O) groups is 1. The van der Waals surface area contributed by atoms with E-state index in [4.69, 9.17) is 0 Å². The van der Waals surface area contributed by atoms with E-state index in [0.29, 0.717) is 0 Å². The molecule has 1 N–H and O–H groups in total. The molecular formula is C20H26NO2S+. The van der Waals surface area contributed by atoms with Crippen LogP contribution in [-0.2, 0) is 4.79 Å². The number of hydrogen-bond donors (Lipinski definition) is 1. The van der Waals surface area contributed by atoms with Crippen LogP contribution in [0.5, 0.6) is 0 Å². The SMILES string of the molecule is C=CCCCC1(C)CCC[N+]2=C1SC(=O)C(c1ccccc1)C2O. The van der Waals surface area contributed by atoms with Crippen molar-refractivity contribution in [3.8, 4) is 0 Å². The van der Waals surface area contributed by atoms with Crippen LogP contribution in [0.15, 0.2) is 43.0 Å². The van der Waals surface area contributed by atoms with E-state index in [2.05, 4.69) is 18.1 Å². The van der Waals surface area contributed by atoms with Gasteiger partial charge in [0.25, 0.3) is 6.23 Å². The first-order valence-corrected chi connectivity index (χ1v) is 9.58. The van der Waals surface area contributed by atoms with Gasteiger partial charge in [-0.3, -0.25) is 4.79 Å². The lowest BCUT2D eigenvalue weighted by Crippen LogP contribution is -2.50. The Morgan fingerprint density at radius 1 is 1.42 bits per heavy atom. The summed E-state index contributed by atoms with van der Waals surface area (Å²) < 4.78 is 2.08. The number of thioether (sulfide) groups is 1. The molecule has 0 bridgehead atoms. The Balaban J connectivity index is 1.92. The number of aliphatic hydroxyl groups is 1. The summed E-state index contributed by atoms with van der Waals surface area (Å²) in [6, 6.07) is 9.66. The number of nitrogens with zero attached hydrogens (tertiary/aromatic N) is 1. The summed E-state index contributed by atoms with van der Waals surface area (Å²) in [7, 11) is 0. The zero-order valence-electron chi connectivity index (χ0n) is 14.3. The van der Waals surface area contributed by atoms with Crippen LogP contribution in [0.4, 0.5) is 0 Å². The van der Waals surface area contributed by atoms with Gasteiger partial charge in [-0.2, -0.15) is 4.58 Å². The molecule has 0 fully saturated rings. The second-order valence-electron chi connectivity index (χ2n) is 7.07. The highest BCUT2D eigenvalue weighted by Crippen LogP contribution is 2.44. The van der Waals surface area contributed by atoms with Gasteiger partial charge < -0.3 is 5.11 Å². The number of hydrogen-bond acceptors (Lipinski definition) is 3. The van der Waals surface area contributed by atoms with Gasteiger partial charge >= 0.3 is 0 Å². The van der Waals surface area contributed by atoms with E-state index in [1.54, 1.807) is 0 Å². The molecule has 128 valence electrons. The minimum absolute atomic E-state index is 0.00970. The summed E-state index contributed by atoms with van der Waals surface area (Å²) in [6.07, 6.45) is 6.44. The van der Waals surface area contributed by atoms with Gasteiger partial charge in [0.05, 0.1) is 5.41 Å². The highest BCUT2D eigenvalue weighted by Gasteiger charge is 2.51. The second-order valence-corrected chi connectivity index (χ2v) is 8.06. The van der Waals surface area contributed by atoms with Crippen LogP contribution >= 0.6 is 11.8 Å². The van der Waals surface area contributed by atoms with Gasteiger partial charge in [-0.15, -0.1) is 6.58 Å². The van der Waals surface area contributed by atoms with Crippen molar-refractivity contribution in [2.45, 2.75) is 51.2 Å². The number of unbranched alkanes of at least 4 members (excludes halogenated alkanes) is 1. The maximum absolute atomic E-state index is 12.8. The van der Waals surface area contributed by atoms with E-state index in [0.717, 1.165) is 49.3 Å². The van der Waals surface area contributed by atoms with Crippen molar-refractivity contribution in [3.05, 3.63) is 48.6 Å². The van der Waals surface area contributed by atoms with Crippen molar-refractivity contribution in [2.24, 2.45) is 5.41 Å². The summed E-state index contributed by atoms with van der Waals surface area (Å²) >= 11 is 1.36. The minimum Gasteiger partial charge on any atom is -0.336 e. The number of benzene rings is 1. The quantitative estimate of drug-likeness (QED) is 0.500. The van der Waals surface area contributed by atoms with Crippen molar-refractivity contribution in [1.82, 2.24) is 0 Å². The average molecular weight is 344 g/mol. The highest BCUT2D eigenvalue weighted by molar-refractivity contribution is 8.26. The fraction of sp³-hybridized carbons (Fsp3) is 0.500. The molecule has 3 atom stereocenters. The number of carbonyl (C=O) groups excluding carboxylic acids is 1. The van der Waals surface area contributed by atoms with Crippen LogP contribution in [0.25, 0.3) is 0 Å². The lowest BCUT2D eigenvalue weighted by atomic mass is 9.79. The Hall–Kier alpha value is -1.39. The zero-order valence-corrected chi connectivity index (χ0v) is 15.1. The largest absolute Gasteiger partial charge is 0.336 e. The van der Waals surface area contributed by atoms with Gasteiger partial charge in [0, 0.05) is 18.2 Å². The molecule has 0 spiro atoms. The minimum atomic E-state index is -0.754. The summed E-state index contributed by atoms with van der Waals surface area (Å²) in [5.74, 6) is -0.463. The molecule has 0 saturated carbocycles. The third-order valence-electron chi connectivity index (χ3n) is 5.27. The standard InChI is InChI=1S/C20H26NO2S/c1-3-4-8-12-20(2)13-9-14-21-17(22)16(18(23)24-19(20)21)15-10-6-5-7-11-15/h3,5-7,10-11,16-17,22H,1,4,8-9,12-14H2,2H3/q+1. The summed E-state index contributed by atoms with van der Waals surface area (Å²) in [5, 5.41) is 12.1. The van der Waals surface area contributed by atoms with Crippen LogP contribution in [0, 0.1) is 5.41 Å². The molecule has 2 heterocycles. The van der Waals surface area contributed by atoms with Crippen LogP contribution in [0.2, 0.25) is 0 Å². The van der Waals surface area contributed by atoms with Crippen molar-refractivity contribution in [1.29, 1.82) is 0 Å². The molecule has 3 unspecified atom stereocenters. The Kier molecular flexibility index (Phi) is 5.26. The highest BCUT2D eigenvalue weighted by atomic mass is 32.2. The molecular weight excluding hydrogens is 318 g/mol. The van der Waals surface area contributed by atoms with Crippen molar-refractivity contribution in [3.63, 3.8) is 0 Å². The maximum Gasteiger partial charge on any atom is 0.270 e. The molecule has 1 aromatic carbocycles. The van der Waals surface area contributed by atoms with Crippen LogP contribution in [-0.4, -0.2) is 32.6 Å². The first-order valence-electron chi connectivity index (χ1n) is 8.76. The van der Waals surface area contributed by atoms with E-state index >= 15 is 0 Å². The van der Waals surface area contributed by atoms with E-state index in [1.165, 1.54) is 11.8 Å². The second kappa shape index (κ2) is 7.24. The van der Waals surface area contributed by atoms with Crippen LogP contribution in [0.1, 0.15) is 50.5 Å². The van der Waals surface area contributed by atoms with E-state index in [9.17, 15) is 9.90 Å². The first kappa shape index (κ1) is 17.4. The van der Waals surface area contributed by atoms with E-state index < -0.39 is 12.1 Å². The van der Waals surface area contributed by atoms with Crippen LogP contribution in [0.3, 0.4) is 0 Å². The third-order valence-corrected chi connectivity index (χ3v) is 6.64. The molecule has 1 aromatic rings. The number of rotatable bonds is 5. The molecule has 3 rings (SSSR count). The smallest absolute Gasteiger partial charge is 0.270 e. The Bertz CT molecular complexity index is 655. The molecule has 0 saturated heterocycles. The van der Waals surface area contributed by atoms with Crippen molar-refractivity contribution in [2.75, 3.05) is 6.54 Å². The summed E-state index contributed by atoms with van der Waals surface area (Å²) in [4.78, 5) is 12.8. The first-order chi connectivity index (χ1) is 11.6. The molecule has 2 aliphatic heterocycles. The van der Waals surface area contributed by atoms with Crippen molar-refractivity contribution < 1.29 is 14.5 Å². The van der Waals surface area contributed by atoms with E-state index in [1.807, 2.05) is 36.4 Å². The lowest BCUT2D eigenvalue weighted by molar-refractivity contribution is -0.616. The molecule has 24 heavy (non-hydrogen) atoms. The maximum atomic E-state index is 12.8. The van der Waals surface area contributed by atoms with Gasteiger partial charge in [0.15, 0.2) is 0 Å². The monoisotopic (exact) mass is 344 g/mol. The molecule has 0 amide bonds. The van der Waals surface area contributed by atoms with Gasteiger partial charge in [-0.05, 0) is 38.2 Å². The molecule has 2 aliphatic rings. The van der Waals surface area contributed by atoms with E-state index in [-0.39, 0.29) is 10.5 Å². The van der Waals surface area contributed by atoms with Gasteiger partial charge in [-0.1, -0.05) is 36.4 Å². The summed E-state index contributed by atoms with van der Waals surface area (Å²) in [6.45, 7) is 6.87.